The highest BCUT2D eigenvalue weighted by atomic mass is 16.5. The van der Waals surface area contributed by atoms with Gasteiger partial charge in [-0.2, -0.15) is 0 Å². The summed E-state index contributed by atoms with van der Waals surface area (Å²) in [4.78, 5) is 40.2. The number of rotatable bonds is 6. The summed E-state index contributed by atoms with van der Waals surface area (Å²) in [7, 11) is 1.54. The predicted octanol–water partition coefficient (Wildman–Crippen LogP) is 4.81. The molecule has 1 fully saturated rings. The Morgan fingerprint density at radius 1 is 0.971 bits per heavy atom. The zero-order valence-corrected chi connectivity index (χ0v) is 19.6. The Balaban J connectivity index is 1.90. The number of benzene rings is 3. The number of hydrogen-bond donors (Lipinski definition) is 1. The number of nitrogens with zero attached hydrogens (tertiary/aromatic N) is 1. The van der Waals surface area contributed by atoms with Crippen LogP contribution in [-0.2, 0) is 14.3 Å². The SMILES string of the molecule is CCOC(=O)c1cccc(N2C(=O)C(=O)/C(=C(/O)c3ccc(C)cc3)C2c2ccc(OC)cc2)c1. The first-order valence-corrected chi connectivity index (χ1v) is 11.1. The van der Waals surface area contributed by atoms with Crippen LogP contribution in [0.5, 0.6) is 5.75 Å². The number of ether oxygens (including phenoxy) is 2. The van der Waals surface area contributed by atoms with E-state index in [-0.39, 0.29) is 23.5 Å². The molecular formula is C28H25NO6. The number of amides is 1. The fraction of sp³-hybridized carbons (Fsp3) is 0.179. The van der Waals surface area contributed by atoms with E-state index in [0.717, 1.165) is 5.56 Å². The second-order valence-electron chi connectivity index (χ2n) is 8.08. The number of aryl methyl sites for hydroxylation is 1. The van der Waals surface area contributed by atoms with Gasteiger partial charge in [0.05, 0.1) is 30.9 Å². The molecule has 0 saturated carbocycles. The highest BCUT2D eigenvalue weighted by Gasteiger charge is 2.47. The molecule has 178 valence electrons. The highest BCUT2D eigenvalue weighted by molar-refractivity contribution is 6.51. The van der Waals surface area contributed by atoms with Crippen LogP contribution in [-0.4, -0.2) is 36.5 Å². The lowest BCUT2D eigenvalue weighted by Gasteiger charge is -2.26. The summed E-state index contributed by atoms with van der Waals surface area (Å²) in [5.41, 5.74) is 2.56. The minimum atomic E-state index is -0.917. The molecule has 1 saturated heterocycles. The fourth-order valence-electron chi connectivity index (χ4n) is 4.06. The van der Waals surface area contributed by atoms with E-state index in [2.05, 4.69) is 0 Å². The molecule has 0 spiro atoms. The quantitative estimate of drug-likeness (QED) is 0.240. The lowest BCUT2D eigenvalue weighted by molar-refractivity contribution is -0.132. The number of carbonyl (C=O) groups excluding carboxylic acids is 3. The average Bonchev–Trinajstić information content (AvgIpc) is 3.14. The van der Waals surface area contributed by atoms with Crippen molar-refractivity contribution in [1.82, 2.24) is 0 Å². The first kappa shape index (κ1) is 23.8. The molecule has 0 bridgehead atoms. The monoisotopic (exact) mass is 471 g/mol. The Morgan fingerprint density at radius 2 is 1.66 bits per heavy atom. The van der Waals surface area contributed by atoms with E-state index in [1.54, 1.807) is 68.6 Å². The number of Topliss-reactive ketones (excluding diaryl/α,β-unsaturated/α-hetero) is 1. The molecule has 35 heavy (non-hydrogen) atoms. The molecular weight excluding hydrogens is 446 g/mol. The van der Waals surface area contributed by atoms with Crippen LogP contribution in [0.25, 0.3) is 5.76 Å². The second-order valence-corrected chi connectivity index (χ2v) is 8.08. The van der Waals surface area contributed by atoms with Crippen molar-refractivity contribution in [2.24, 2.45) is 0 Å². The maximum absolute atomic E-state index is 13.3. The molecule has 4 rings (SSSR count). The summed E-state index contributed by atoms with van der Waals surface area (Å²) in [5, 5.41) is 11.2. The first-order chi connectivity index (χ1) is 16.8. The molecule has 0 radical (unpaired) electrons. The van der Waals surface area contributed by atoms with Gasteiger partial charge in [-0.3, -0.25) is 14.5 Å². The molecule has 0 aliphatic carbocycles. The normalized spacial score (nSPS) is 16.9. The summed E-state index contributed by atoms with van der Waals surface area (Å²) < 4.78 is 10.3. The van der Waals surface area contributed by atoms with Crippen molar-refractivity contribution in [3.05, 3.63) is 101 Å². The van der Waals surface area contributed by atoms with Crippen LogP contribution in [0.1, 0.15) is 40.0 Å². The molecule has 7 heteroatoms. The molecule has 3 aromatic rings. The molecule has 1 amide bonds. The van der Waals surface area contributed by atoms with E-state index in [1.165, 1.54) is 11.0 Å². The topological polar surface area (TPSA) is 93.1 Å². The Bertz CT molecular complexity index is 1310. The first-order valence-electron chi connectivity index (χ1n) is 11.1. The van der Waals surface area contributed by atoms with Crippen molar-refractivity contribution in [1.29, 1.82) is 0 Å². The lowest BCUT2D eigenvalue weighted by atomic mass is 9.94. The van der Waals surface area contributed by atoms with Crippen LogP contribution in [0.15, 0.2) is 78.4 Å². The van der Waals surface area contributed by atoms with Gasteiger partial charge in [-0.25, -0.2) is 4.79 Å². The van der Waals surface area contributed by atoms with Crippen LogP contribution in [0.3, 0.4) is 0 Å². The maximum atomic E-state index is 13.3. The summed E-state index contributed by atoms with van der Waals surface area (Å²) in [6.07, 6.45) is 0. The minimum Gasteiger partial charge on any atom is -0.507 e. The van der Waals surface area contributed by atoms with Gasteiger partial charge in [-0.05, 0) is 49.7 Å². The number of methoxy groups -OCH3 is 1. The van der Waals surface area contributed by atoms with Crippen molar-refractivity contribution in [3.8, 4) is 5.75 Å². The van der Waals surface area contributed by atoms with Crippen LogP contribution in [0.2, 0.25) is 0 Å². The fourth-order valence-corrected chi connectivity index (χ4v) is 4.06. The minimum absolute atomic E-state index is 0.0365. The van der Waals surface area contributed by atoms with Gasteiger partial charge in [-0.1, -0.05) is 48.0 Å². The molecule has 7 nitrogen and oxygen atoms in total. The number of carbonyl (C=O) groups is 3. The molecule has 1 heterocycles. The molecule has 1 atom stereocenters. The molecule has 3 aromatic carbocycles. The number of aliphatic hydroxyl groups is 1. The number of esters is 1. The average molecular weight is 472 g/mol. The third-order valence-electron chi connectivity index (χ3n) is 5.84. The van der Waals surface area contributed by atoms with Crippen LogP contribution in [0, 0.1) is 6.92 Å². The van der Waals surface area contributed by atoms with Gasteiger partial charge in [0, 0.05) is 11.3 Å². The third kappa shape index (κ3) is 4.53. The van der Waals surface area contributed by atoms with Crippen LogP contribution in [0.4, 0.5) is 5.69 Å². The Morgan fingerprint density at radius 3 is 2.29 bits per heavy atom. The molecule has 1 unspecified atom stereocenters. The smallest absolute Gasteiger partial charge is 0.338 e. The van der Waals surface area contributed by atoms with Gasteiger partial charge in [0.1, 0.15) is 11.5 Å². The lowest BCUT2D eigenvalue weighted by Crippen LogP contribution is -2.29. The Kier molecular flexibility index (Phi) is 6.68. The second kappa shape index (κ2) is 9.85. The van der Waals surface area contributed by atoms with E-state index < -0.39 is 23.7 Å². The summed E-state index contributed by atoms with van der Waals surface area (Å²) in [6, 6.07) is 19.4. The summed E-state index contributed by atoms with van der Waals surface area (Å²) in [5.74, 6) is -1.82. The van der Waals surface area contributed by atoms with E-state index in [9.17, 15) is 19.5 Å². The number of ketones is 1. The third-order valence-corrected chi connectivity index (χ3v) is 5.84. The van der Waals surface area contributed by atoms with E-state index in [4.69, 9.17) is 9.47 Å². The van der Waals surface area contributed by atoms with Crippen molar-refractivity contribution >= 4 is 29.1 Å². The van der Waals surface area contributed by atoms with Crippen molar-refractivity contribution in [2.45, 2.75) is 19.9 Å². The van der Waals surface area contributed by atoms with E-state index in [1.807, 2.05) is 19.1 Å². The maximum Gasteiger partial charge on any atom is 0.338 e. The Hall–Kier alpha value is -4.39. The van der Waals surface area contributed by atoms with Crippen molar-refractivity contribution < 1.29 is 29.0 Å². The van der Waals surface area contributed by atoms with Crippen molar-refractivity contribution in [3.63, 3.8) is 0 Å². The molecule has 1 N–H and O–H groups in total. The number of aliphatic hydroxyl groups excluding tert-OH is 1. The van der Waals surface area contributed by atoms with Crippen molar-refractivity contribution in [2.75, 3.05) is 18.6 Å². The molecule has 1 aliphatic heterocycles. The summed E-state index contributed by atoms with van der Waals surface area (Å²) in [6.45, 7) is 3.82. The van der Waals surface area contributed by atoms with Gasteiger partial charge in [0.25, 0.3) is 11.7 Å². The number of hydrogen-bond acceptors (Lipinski definition) is 6. The summed E-state index contributed by atoms with van der Waals surface area (Å²) >= 11 is 0. The van der Waals surface area contributed by atoms with Crippen LogP contribution >= 0.6 is 0 Å². The van der Waals surface area contributed by atoms with Gasteiger partial charge in [-0.15, -0.1) is 0 Å². The molecule has 1 aliphatic rings. The number of anilines is 1. The van der Waals surface area contributed by atoms with Gasteiger partial charge < -0.3 is 14.6 Å². The van der Waals surface area contributed by atoms with E-state index >= 15 is 0 Å². The zero-order chi connectivity index (χ0) is 25.1. The molecule has 0 aromatic heterocycles. The standard InChI is InChI=1S/C28H25NO6/c1-4-35-28(33)20-6-5-7-21(16-20)29-24(18-12-14-22(34-3)15-13-18)23(26(31)27(29)32)25(30)19-10-8-17(2)9-11-19/h5-16,24,30H,4H2,1-3H3/b25-23+. The van der Waals surface area contributed by atoms with E-state index in [0.29, 0.717) is 22.6 Å². The van der Waals surface area contributed by atoms with Crippen LogP contribution < -0.4 is 9.64 Å². The predicted molar refractivity (Wildman–Crippen MR) is 131 cm³/mol. The largest absolute Gasteiger partial charge is 0.507 e. The van der Waals surface area contributed by atoms with Gasteiger partial charge in [0.2, 0.25) is 0 Å². The van der Waals surface area contributed by atoms with Gasteiger partial charge >= 0.3 is 5.97 Å². The Labute approximate surface area is 203 Å². The van der Waals surface area contributed by atoms with Gasteiger partial charge in [0.15, 0.2) is 0 Å². The zero-order valence-electron chi connectivity index (χ0n) is 19.6. The highest BCUT2D eigenvalue weighted by Crippen LogP contribution is 2.42.